The second-order valence-electron chi connectivity index (χ2n) is 6.94. The van der Waals surface area contributed by atoms with Gasteiger partial charge in [-0.05, 0) is 35.9 Å². The molecule has 1 heterocycles. The Kier molecular flexibility index (Phi) is 8.46. The van der Waals surface area contributed by atoms with Crippen LogP contribution in [0.2, 0.25) is 10.0 Å². The van der Waals surface area contributed by atoms with Crippen LogP contribution in [0.3, 0.4) is 0 Å². The zero-order chi connectivity index (χ0) is 24.5. The molecule has 8 nitrogen and oxygen atoms in total. The maximum atomic E-state index is 12.3. The molecular formula is C24H18Cl2N4O4. The smallest absolute Gasteiger partial charge is 0.313 e. The van der Waals surface area contributed by atoms with E-state index in [1.807, 2.05) is 36.4 Å². The number of carbonyl (C=O) groups excluding carboxylic acids is 3. The van der Waals surface area contributed by atoms with Gasteiger partial charge in [-0.15, -0.1) is 0 Å². The van der Waals surface area contributed by atoms with E-state index >= 15 is 0 Å². The number of hydrogen-bond acceptors (Lipinski definition) is 5. The second kappa shape index (κ2) is 11.7. The monoisotopic (exact) mass is 496 g/mol. The number of benzene rings is 2. The minimum absolute atomic E-state index is 0.0848. The summed E-state index contributed by atoms with van der Waals surface area (Å²) in [6.45, 7) is 0.191. The van der Waals surface area contributed by atoms with Gasteiger partial charge in [-0.1, -0.05) is 53.5 Å². The molecule has 0 saturated carbocycles. The zero-order valence-electron chi connectivity index (χ0n) is 17.6. The molecule has 0 saturated heterocycles. The van der Waals surface area contributed by atoms with E-state index in [0.717, 1.165) is 5.56 Å². The number of rotatable bonds is 7. The average molecular weight is 497 g/mol. The molecule has 0 radical (unpaired) electrons. The lowest BCUT2D eigenvalue weighted by Crippen LogP contribution is -2.34. The summed E-state index contributed by atoms with van der Waals surface area (Å²) in [5.41, 5.74) is 1.03. The van der Waals surface area contributed by atoms with Crippen LogP contribution in [0.15, 0.2) is 70.7 Å². The quantitative estimate of drug-likeness (QED) is 0.258. The van der Waals surface area contributed by atoms with Crippen LogP contribution in [0.4, 0.5) is 5.69 Å². The number of amides is 3. The highest BCUT2D eigenvalue weighted by Crippen LogP contribution is 2.22. The highest BCUT2D eigenvalue weighted by molar-refractivity contribution is 6.40. The molecule has 2 aromatic carbocycles. The Bertz CT molecular complexity index is 1260. The number of halogens is 2. The number of anilines is 1. The van der Waals surface area contributed by atoms with Crippen LogP contribution in [0.5, 0.6) is 0 Å². The summed E-state index contributed by atoms with van der Waals surface area (Å²) in [7, 11) is 0. The Hall–Kier alpha value is -4.06. The normalized spacial score (nSPS) is 10.8. The lowest BCUT2D eigenvalue weighted by Gasteiger charge is -2.06. The van der Waals surface area contributed by atoms with E-state index in [0.29, 0.717) is 15.8 Å². The van der Waals surface area contributed by atoms with Crippen LogP contribution in [0, 0.1) is 11.3 Å². The van der Waals surface area contributed by atoms with E-state index in [1.54, 1.807) is 6.07 Å². The van der Waals surface area contributed by atoms with Gasteiger partial charge in [0.1, 0.15) is 23.2 Å². The molecule has 0 bridgehead atoms. The molecule has 3 amide bonds. The summed E-state index contributed by atoms with van der Waals surface area (Å²) in [5, 5.41) is 17.4. The Labute approximate surface area is 205 Å². The fraction of sp³-hybridized carbons (Fsp3) is 0.0833. The SMILES string of the molecule is N#C/C(=C/c1ccc(CNC(=O)C(=O)Nc2cc(Cl)cc(Cl)c2)o1)C(=O)NCc1ccccc1. The number of nitriles is 1. The van der Waals surface area contributed by atoms with Crippen LogP contribution in [-0.4, -0.2) is 17.7 Å². The first-order chi connectivity index (χ1) is 16.3. The molecule has 34 heavy (non-hydrogen) atoms. The number of nitrogens with zero attached hydrogens (tertiary/aromatic N) is 1. The van der Waals surface area contributed by atoms with Gasteiger partial charge in [0.25, 0.3) is 5.91 Å². The standard InChI is InChI=1S/C24H18Cl2N4O4/c25-17-9-18(26)11-19(10-17)30-24(33)23(32)29-14-21-7-6-20(34-21)8-16(12-27)22(31)28-13-15-4-2-1-3-5-15/h1-11H,13-14H2,(H,28,31)(H,29,32)(H,30,33)/b16-8-. The van der Waals surface area contributed by atoms with Gasteiger partial charge in [-0.25, -0.2) is 0 Å². The molecule has 0 aliphatic carbocycles. The van der Waals surface area contributed by atoms with E-state index in [2.05, 4.69) is 16.0 Å². The topological polar surface area (TPSA) is 124 Å². The molecule has 3 N–H and O–H groups in total. The minimum Gasteiger partial charge on any atom is -0.460 e. The van der Waals surface area contributed by atoms with Crippen molar-refractivity contribution in [1.29, 1.82) is 5.26 Å². The first-order valence-corrected chi connectivity index (χ1v) is 10.7. The molecule has 0 atom stereocenters. The summed E-state index contributed by atoms with van der Waals surface area (Å²) in [6, 6.07) is 18.6. The van der Waals surface area contributed by atoms with Crippen LogP contribution in [0.1, 0.15) is 17.1 Å². The third-order valence-corrected chi connectivity index (χ3v) is 4.82. The van der Waals surface area contributed by atoms with Crippen molar-refractivity contribution < 1.29 is 18.8 Å². The minimum atomic E-state index is -0.910. The number of carbonyl (C=O) groups is 3. The number of furan rings is 1. The predicted octanol–water partition coefficient (Wildman–Crippen LogP) is 4.06. The van der Waals surface area contributed by atoms with Crippen LogP contribution >= 0.6 is 23.2 Å². The van der Waals surface area contributed by atoms with Gasteiger partial charge < -0.3 is 20.4 Å². The van der Waals surface area contributed by atoms with Crippen molar-refractivity contribution in [2.75, 3.05) is 5.32 Å². The van der Waals surface area contributed by atoms with E-state index in [-0.39, 0.29) is 30.1 Å². The zero-order valence-corrected chi connectivity index (χ0v) is 19.1. The predicted molar refractivity (Wildman–Crippen MR) is 128 cm³/mol. The molecule has 0 aliphatic heterocycles. The second-order valence-corrected chi connectivity index (χ2v) is 7.81. The first-order valence-electron chi connectivity index (χ1n) is 9.92. The molecule has 3 aromatic rings. The lowest BCUT2D eigenvalue weighted by atomic mass is 10.2. The number of hydrogen-bond donors (Lipinski definition) is 3. The Morgan fingerprint density at radius 1 is 0.882 bits per heavy atom. The molecule has 0 unspecified atom stereocenters. The summed E-state index contributed by atoms with van der Waals surface area (Å²) < 4.78 is 5.52. The molecule has 10 heteroatoms. The van der Waals surface area contributed by atoms with Gasteiger partial charge in [0.05, 0.1) is 6.54 Å². The number of nitrogens with one attached hydrogen (secondary N) is 3. The highest BCUT2D eigenvalue weighted by atomic mass is 35.5. The van der Waals surface area contributed by atoms with Gasteiger partial charge in [0, 0.05) is 28.4 Å². The first kappa shape index (κ1) is 24.6. The molecule has 1 aromatic heterocycles. The molecule has 0 fully saturated rings. The maximum absolute atomic E-state index is 12.3. The molecule has 3 rings (SSSR count). The average Bonchev–Trinajstić information content (AvgIpc) is 3.26. The van der Waals surface area contributed by atoms with Crippen molar-refractivity contribution >= 4 is 52.7 Å². The Morgan fingerprint density at radius 2 is 1.56 bits per heavy atom. The van der Waals surface area contributed by atoms with Gasteiger partial charge in [0.2, 0.25) is 0 Å². The highest BCUT2D eigenvalue weighted by Gasteiger charge is 2.15. The van der Waals surface area contributed by atoms with Gasteiger partial charge in [-0.3, -0.25) is 14.4 Å². The van der Waals surface area contributed by atoms with E-state index in [4.69, 9.17) is 27.6 Å². The fourth-order valence-corrected chi connectivity index (χ4v) is 3.32. The Morgan fingerprint density at radius 3 is 2.24 bits per heavy atom. The third kappa shape index (κ3) is 7.24. The van der Waals surface area contributed by atoms with Crippen LogP contribution in [-0.2, 0) is 27.5 Å². The fourth-order valence-electron chi connectivity index (χ4n) is 2.79. The van der Waals surface area contributed by atoms with Gasteiger partial charge >= 0.3 is 11.8 Å². The molecule has 0 aliphatic rings. The van der Waals surface area contributed by atoms with E-state index in [1.165, 1.54) is 30.3 Å². The van der Waals surface area contributed by atoms with Gasteiger partial charge in [0.15, 0.2) is 0 Å². The molecule has 0 spiro atoms. The van der Waals surface area contributed by atoms with E-state index < -0.39 is 17.7 Å². The molecular weight excluding hydrogens is 479 g/mol. The van der Waals surface area contributed by atoms with Crippen molar-refractivity contribution in [3.05, 3.63) is 93.4 Å². The van der Waals surface area contributed by atoms with Gasteiger partial charge in [-0.2, -0.15) is 5.26 Å². The summed E-state index contributed by atoms with van der Waals surface area (Å²) in [5.74, 6) is -1.79. The van der Waals surface area contributed by atoms with Crippen molar-refractivity contribution in [3.63, 3.8) is 0 Å². The summed E-state index contributed by atoms with van der Waals surface area (Å²) in [4.78, 5) is 36.4. The van der Waals surface area contributed by atoms with Crippen LogP contribution < -0.4 is 16.0 Å². The lowest BCUT2D eigenvalue weighted by molar-refractivity contribution is -0.136. The maximum Gasteiger partial charge on any atom is 0.313 e. The largest absolute Gasteiger partial charge is 0.460 e. The molecule has 172 valence electrons. The summed E-state index contributed by atoms with van der Waals surface area (Å²) in [6.07, 6.45) is 1.29. The van der Waals surface area contributed by atoms with Crippen molar-refractivity contribution in [1.82, 2.24) is 10.6 Å². The van der Waals surface area contributed by atoms with Crippen LogP contribution in [0.25, 0.3) is 6.08 Å². The van der Waals surface area contributed by atoms with Crippen molar-refractivity contribution in [2.45, 2.75) is 13.1 Å². The Balaban J connectivity index is 1.53. The summed E-state index contributed by atoms with van der Waals surface area (Å²) >= 11 is 11.7. The van der Waals surface area contributed by atoms with Crippen molar-refractivity contribution in [3.8, 4) is 6.07 Å². The van der Waals surface area contributed by atoms with E-state index in [9.17, 15) is 19.6 Å². The third-order valence-electron chi connectivity index (χ3n) is 4.38. The van der Waals surface area contributed by atoms with Crippen molar-refractivity contribution in [2.24, 2.45) is 0 Å².